The first-order valence-electron chi connectivity index (χ1n) is 7.32. The van der Waals surface area contributed by atoms with Gasteiger partial charge in [-0.05, 0) is 29.8 Å². The summed E-state index contributed by atoms with van der Waals surface area (Å²) in [7, 11) is 0. The molecule has 0 radical (unpaired) electrons. The van der Waals surface area contributed by atoms with Crippen molar-refractivity contribution in [2.24, 2.45) is 5.73 Å². The summed E-state index contributed by atoms with van der Waals surface area (Å²) in [4.78, 5) is 22.1. The molecular weight excluding hydrogens is 345 g/mol. The topological polar surface area (TPSA) is 137 Å². The first kappa shape index (κ1) is 17.0. The molecule has 1 heterocycles. The van der Waals surface area contributed by atoms with E-state index in [1.807, 2.05) is 0 Å². The Kier molecular flexibility index (Phi) is 4.56. The van der Waals surface area contributed by atoms with Crippen molar-refractivity contribution in [1.29, 1.82) is 0 Å². The van der Waals surface area contributed by atoms with Gasteiger partial charge in [0.1, 0.15) is 18.1 Å². The van der Waals surface area contributed by atoms with Crippen LogP contribution in [0.4, 0.5) is 10.1 Å². The molecule has 0 spiro atoms. The molecular formula is C16H12FN5O4. The molecule has 2 aromatic carbocycles. The molecule has 9 nitrogen and oxygen atoms in total. The zero-order valence-electron chi connectivity index (χ0n) is 13.2. The summed E-state index contributed by atoms with van der Waals surface area (Å²) in [6, 6.07) is 9.67. The molecule has 0 saturated carbocycles. The number of H-pyrrole nitrogens is 1. The van der Waals surface area contributed by atoms with Gasteiger partial charge in [-0.15, -0.1) is 0 Å². The van der Waals surface area contributed by atoms with E-state index in [1.165, 1.54) is 42.5 Å². The van der Waals surface area contributed by atoms with Crippen LogP contribution in [0.25, 0.3) is 11.3 Å². The van der Waals surface area contributed by atoms with Gasteiger partial charge in [-0.1, -0.05) is 12.1 Å². The summed E-state index contributed by atoms with van der Waals surface area (Å²) in [5, 5.41) is 21.1. The number of nitrogens with one attached hydrogen (secondary N) is 1. The lowest BCUT2D eigenvalue weighted by Gasteiger charge is -2.08. The van der Waals surface area contributed by atoms with E-state index in [0.717, 1.165) is 0 Å². The molecule has 0 saturated heterocycles. The number of aromatic nitrogens is 3. The van der Waals surface area contributed by atoms with Gasteiger partial charge < -0.3 is 10.5 Å². The number of hydrogen-bond acceptors (Lipinski definition) is 6. The fourth-order valence-corrected chi connectivity index (χ4v) is 2.28. The van der Waals surface area contributed by atoms with Gasteiger partial charge in [0, 0.05) is 11.6 Å². The third-order valence-electron chi connectivity index (χ3n) is 3.52. The second-order valence-corrected chi connectivity index (χ2v) is 5.24. The van der Waals surface area contributed by atoms with Crippen molar-refractivity contribution < 1.29 is 18.8 Å². The normalized spacial score (nSPS) is 10.5. The summed E-state index contributed by atoms with van der Waals surface area (Å²) >= 11 is 0. The maximum atomic E-state index is 12.9. The quantitative estimate of drug-likeness (QED) is 0.512. The number of carbonyl (C=O) groups excluding carboxylic acids is 1. The lowest BCUT2D eigenvalue weighted by molar-refractivity contribution is -0.385. The van der Waals surface area contributed by atoms with Crippen LogP contribution in [0.3, 0.4) is 0 Å². The maximum absolute atomic E-state index is 12.9. The van der Waals surface area contributed by atoms with Crippen molar-refractivity contribution in [3.8, 4) is 17.0 Å². The number of nitrogens with two attached hydrogens (primary N) is 1. The molecule has 3 N–H and O–H groups in total. The van der Waals surface area contributed by atoms with Gasteiger partial charge in [-0.2, -0.15) is 15.4 Å². The number of carbonyl (C=O) groups is 1. The number of rotatable bonds is 6. The number of hydrogen-bond donors (Lipinski definition) is 2. The third-order valence-corrected chi connectivity index (χ3v) is 3.52. The summed E-state index contributed by atoms with van der Waals surface area (Å²) in [5.74, 6) is -1.18. The summed E-state index contributed by atoms with van der Waals surface area (Å²) in [5.41, 5.74) is 5.80. The molecule has 26 heavy (non-hydrogen) atoms. The number of ether oxygens (including phenoxy) is 1. The monoisotopic (exact) mass is 357 g/mol. The Morgan fingerprint density at radius 2 is 1.96 bits per heavy atom. The largest absolute Gasteiger partial charge is 0.482 e. The molecule has 0 atom stereocenters. The van der Waals surface area contributed by atoms with Crippen LogP contribution in [0.15, 0.2) is 42.5 Å². The first-order valence-corrected chi connectivity index (χ1v) is 7.32. The highest BCUT2D eigenvalue weighted by Crippen LogP contribution is 2.33. The molecule has 1 aromatic heterocycles. The highest BCUT2D eigenvalue weighted by molar-refractivity contribution is 5.96. The number of nitrogens with zero attached hydrogens (tertiary/aromatic N) is 3. The van der Waals surface area contributed by atoms with E-state index in [-0.39, 0.29) is 40.8 Å². The number of benzene rings is 2. The van der Waals surface area contributed by atoms with Gasteiger partial charge in [0.15, 0.2) is 11.4 Å². The van der Waals surface area contributed by atoms with E-state index in [1.54, 1.807) is 0 Å². The second kappa shape index (κ2) is 6.97. The maximum Gasteiger partial charge on any atom is 0.311 e. The fourth-order valence-electron chi connectivity index (χ4n) is 2.28. The number of primary amides is 1. The van der Waals surface area contributed by atoms with Crippen molar-refractivity contribution in [3.05, 3.63) is 69.7 Å². The molecule has 132 valence electrons. The Labute approximate surface area is 145 Å². The minimum Gasteiger partial charge on any atom is -0.482 e. The van der Waals surface area contributed by atoms with Crippen LogP contribution in [-0.4, -0.2) is 26.2 Å². The molecule has 3 aromatic rings. The predicted octanol–water partition coefficient (Wildman–Crippen LogP) is 2.20. The van der Waals surface area contributed by atoms with Crippen LogP contribution >= 0.6 is 0 Å². The van der Waals surface area contributed by atoms with Crippen LogP contribution in [-0.2, 0) is 6.61 Å². The van der Waals surface area contributed by atoms with Crippen LogP contribution in [0.1, 0.15) is 16.1 Å². The van der Waals surface area contributed by atoms with Crippen LogP contribution in [0, 0.1) is 15.9 Å². The Morgan fingerprint density at radius 1 is 1.23 bits per heavy atom. The average molecular weight is 357 g/mol. The summed E-state index contributed by atoms with van der Waals surface area (Å²) in [6.45, 7) is 0.0248. The zero-order chi connectivity index (χ0) is 18.7. The SMILES string of the molecule is NC(=O)c1n[nH]nc1-c1ccc(OCc2ccc(F)cc2)c([N+](=O)[O-])c1. The van der Waals surface area contributed by atoms with Gasteiger partial charge in [-0.25, -0.2) is 4.39 Å². The van der Waals surface area contributed by atoms with Crippen LogP contribution in [0.5, 0.6) is 5.75 Å². The summed E-state index contributed by atoms with van der Waals surface area (Å²) < 4.78 is 18.4. The van der Waals surface area contributed by atoms with Crippen molar-refractivity contribution in [2.45, 2.75) is 6.61 Å². The second-order valence-electron chi connectivity index (χ2n) is 5.24. The molecule has 0 bridgehead atoms. The Bertz CT molecular complexity index is 971. The van der Waals surface area contributed by atoms with Gasteiger partial charge in [0.05, 0.1) is 4.92 Å². The van der Waals surface area contributed by atoms with Crippen LogP contribution in [0.2, 0.25) is 0 Å². The lowest BCUT2D eigenvalue weighted by Crippen LogP contribution is -2.12. The number of amides is 1. The minimum atomic E-state index is -0.812. The lowest BCUT2D eigenvalue weighted by atomic mass is 10.1. The smallest absolute Gasteiger partial charge is 0.311 e. The van der Waals surface area contributed by atoms with E-state index in [4.69, 9.17) is 10.5 Å². The van der Waals surface area contributed by atoms with E-state index in [0.29, 0.717) is 5.56 Å². The standard InChI is InChI=1S/C16H12FN5O4/c17-11-4-1-9(2-5-11)8-26-13-6-3-10(7-12(13)22(24)25)14-15(16(18)23)20-21-19-14/h1-7H,8H2,(H2,18,23)(H,19,20,21). The van der Waals surface area contributed by atoms with Gasteiger partial charge >= 0.3 is 5.69 Å². The molecule has 0 aliphatic carbocycles. The Morgan fingerprint density at radius 3 is 2.62 bits per heavy atom. The Hall–Kier alpha value is -3.82. The van der Waals surface area contributed by atoms with Crippen molar-refractivity contribution in [3.63, 3.8) is 0 Å². The average Bonchev–Trinajstić information content (AvgIpc) is 3.11. The van der Waals surface area contributed by atoms with Crippen molar-refractivity contribution in [2.75, 3.05) is 0 Å². The third kappa shape index (κ3) is 3.48. The first-order chi connectivity index (χ1) is 12.5. The van der Waals surface area contributed by atoms with E-state index in [2.05, 4.69) is 15.4 Å². The molecule has 0 aliphatic heterocycles. The van der Waals surface area contributed by atoms with Crippen molar-refractivity contribution >= 4 is 11.6 Å². The Balaban J connectivity index is 1.89. The molecule has 1 amide bonds. The van der Waals surface area contributed by atoms with Gasteiger partial charge in [0.25, 0.3) is 5.91 Å². The molecule has 0 fully saturated rings. The highest BCUT2D eigenvalue weighted by Gasteiger charge is 2.21. The van der Waals surface area contributed by atoms with Crippen molar-refractivity contribution in [1.82, 2.24) is 15.4 Å². The number of halogens is 1. The molecule has 10 heteroatoms. The molecule has 0 unspecified atom stereocenters. The fraction of sp³-hybridized carbons (Fsp3) is 0.0625. The van der Waals surface area contributed by atoms with E-state index < -0.39 is 10.8 Å². The van der Waals surface area contributed by atoms with Gasteiger partial charge in [0.2, 0.25) is 0 Å². The molecule has 0 aliphatic rings. The van der Waals surface area contributed by atoms with Gasteiger partial charge in [-0.3, -0.25) is 14.9 Å². The number of nitro benzene ring substituents is 1. The van der Waals surface area contributed by atoms with E-state index >= 15 is 0 Å². The predicted molar refractivity (Wildman–Crippen MR) is 87.7 cm³/mol. The zero-order valence-corrected chi connectivity index (χ0v) is 13.2. The van der Waals surface area contributed by atoms with Crippen LogP contribution < -0.4 is 10.5 Å². The highest BCUT2D eigenvalue weighted by atomic mass is 19.1. The minimum absolute atomic E-state index is 0.0206. The molecule has 3 rings (SSSR count). The van der Waals surface area contributed by atoms with E-state index in [9.17, 15) is 19.3 Å². The number of aromatic amines is 1. The number of nitro groups is 1. The summed E-state index contributed by atoms with van der Waals surface area (Å²) in [6.07, 6.45) is 0.